The predicted octanol–water partition coefficient (Wildman–Crippen LogP) is 3.80. The molecular weight excluding hydrogens is 332 g/mol. The molecule has 0 atom stereocenters. The summed E-state index contributed by atoms with van der Waals surface area (Å²) in [5, 5.41) is 10.5. The summed E-state index contributed by atoms with van der Waals surface area (Å²) in [6, 6.07) is 7.12. The second kappa shape index (κ2) is 6.08. The molecular formula is C13H11BrO4S. The number of halogens is 1. The lowest BCUT2D eigenvalue weighted by Gasteiger charge is -2.08. The Bertz CT molecular complexity index is 594. The predicted molar refractivity (Wildman–Crippen MR) is 76.3 cm³/mol. The van der Waals surface area contributed by atoms with E-state index in [1.165, 1.54) is 6.07 Å². The molecule has 0 aliphatic rings. The molecule has 0 aliphatic carbocycles. The van der Waals surface area contributed by atoms with Crippen molar-refractivity contribution in [2.24, 2.45) is 0 Å². The summed E-state index contributed by atoms with van der Waals surface area (Å²) < 4.78 is 11.6. The van der Waals surface area contributed by atoms with Gasteiger partial charge in [-0.2, -0.15) is 0 Å². The van der Waals surface area contributed by atoms with Gasteiger partial charge in [0.1, 0.15) is 23.0 Å². The molecule has 100 valence electrons. The first-order valence-corrected chi connectivity index (χ1v) is 7.04. The average molecular weight is 343 g/mol. The molecule has 0 amide bonds. The molecule has 0 bridgehead atoms. The van der Waals surface area contributed by atoms with Crippen LogP contribution in [-0.2, 0) is 6.61 Å². The third-order valence-corrected chi connectivity index (χ3v) is 4.10. The molecule has 2 rings (SSSR count). The molecule has 4 nitrogen and oxygen atoms in total. The van der Waals surface area contributed by atoms with E-state index in [-0.39, 0.29) is 4.88 Å². The fourth-order valence-electron chi connectivity index (χ4n) is 1.46. The molecule has 19 heavy (non-hydrogen) atoms. The lowest BCUT2D eigenvalue weighted by atomic mass is 10.2. The van der Waals surface area contributed by atoms with E-state index in [1.54, 1.807) is 12.5 Å². The maximum Gasteiger partial charge on any atom is 0.346 e. The van der Waals surface area contributed by atoms with E-state index in [9.17, 15) is 4.79 Å². The van der Waals surface area contributed by atoms with Gasteiger partial charge >= 0.3 is 5.97 Å². The second-order valence-electron chi connectivity index (χ2n) is 3.70. The topological polar surface area (TPSA) is 55.8 Å². The smallest absolute Gasteiger partial charge is 0.346 e. The molecule has 0 saturated carbocycles. The van der Waals surface area contributed by atoms with Crippen molar-refractivity contribution in [2.45, 2.75) is 6.61 Å². The highest BCUT2D eigenvalue weighted by Gasteiger charge is 2.08. The lowest BCUT2D eigenvalue weighted by molar-refractivity contribution is 0.0702. The zero-order valence-electron chi connectivity index (χ0n) is 10.1. The third kappa shape index (κ3) is 3.48. The van der Waals surface area contributed by atoms with Crippen LogP contribution < -0.4 is 9.47 Å². The van der Waals surface area contributed by atoms with Crippen molar-refractivity contribution in [3.63, 3.8) is 0 Å². The van der Waals surface area contributed by atoms with E-state index >= 15 is 0 Å². The van der Waals surface area contributed by atoms with Crippen LogP contribution in [0.2, 0.25) is 0 Å². The van der Waals surface area contributed by atoms with Gasteiger partial charge in [-0.05, 0) is 18.2 Å². The van der Waals surface area contributed by atoms with Gasteiger partial charge in [0.25, 0.3) is 0 Å². The van der Waals surface area contributed by atoms with Crippen molar-refractivity contribution in [2.75, 3.05) is 7.11 Å². The van der Waals surface area contributed by atoms with E-state index in [0.29, 0.717) is 12.4 Å². The van der Waals surface area contributed by atoms with Gasteiger partial charge in [0.2, 0.25) is 0 Å². The second-order valence-corrected chi connectivity index (χ2v) is 5.46. The van der Waals surface area contributed by atoms with Gasteiger partial charge in [-0.15, -0.1) is 11.3 Å². The number of hydrogen-bond acceptors (Lipinski definition) is 4. The lowest BCUT2D eigenvalue weighted by Crippen LogP contribution is -1.97. The van der Waals surface area contributed by atoms with E-state index in [0.717, 1.165) is 27.1 Å². The van der Waals surface area contributed by atoms with E-state index < -0.39 is 5.97 Å². The number of methoxy groups -OCH3 is 1. The maximum atomic E-state index is 10.8. The Morgan fingerprint density at radius 1 is 1.37 bits per heavy atom. The molecule has 0 unspecified atom stereocenters. The summed E-state index contributed by atoms with van der Waals surface area (Å²) in [6.45, 7) is 0.341. The number of carboxylic acids is 1. The maximum absolute atomic E-state index is 10.8. The van der Waals surface area contributed by atoms with Crippen molar-refractivity contribution in [3.05, 3.63) is 44.6 Å². The Kier molecular flexibility index (Phi) is 4.44. The van der Waals surface area contributed by atoms with Crippen LogP contribution in [0.3, 0.4) is 0 Å². The average Bonchev–Trinajstić information content (AvgIpc) is 2.87. The van der Waals surface area contributed by atoms with Crippen molar-refractivity contribution in [1.29, 1.82) is 0 Å². The van der Waals surface area contributed by atoms with Crippen LogP contribution in [0.4, 0.5) is 0 Å². The number of thiophene rings is 1. The number of hydrogen-bond donors (Lipinski definition) is 1. The largest absolute Gasteiger partial charge is 0.497 e. The molecule has 1 heterocycles. The van der Waals surface area contributed by atoms with Crippen molar-refractivity contribution in [1.82, 2.24) is 0 Å². The van der Waals surface area contributed by atoms with Crippen LogP contribution in [0.5, 0.6) is 11.5 Å². The summed E-state index contributed by atoms with van der Waals surface area (Å²) in [5.74, 6) is 0.359. The normalized spacial score (nSPS) is 10.2. The summed E-state index contributed by atoms with van der Waals surface area (Å²) in [4.78, 5) is 11.0. The Morgan fingerprint density at radius 2 is 2.16 bits per heavy atom. The zero-order valence-corrected chi connectivity index (χ0v) is 12.5. The van der Waals surface area contributed by atoms with Gasteiger partial charge in [0.15, 0.2) is 0 Å². The summed E-state index contributed by atoms with van der Waals surface area (Å²) in [5.41, 5.74) is 0.933. The molecule has 0 saturated heterocycles. The summed E-state index contributed by atoms with van der Waals surface area (Å²) in [6.07, 6.45) is 0. The van der Waals surface area contributed by atoms with Gasteiger partial charge in [-0.25, -0.2) is 4.79 Å². The highest BCUT2D eigenvalue weighted by atomic mass is 79.9. The van der Waals surface area contributed by atoms with Crippen molar-refractivity contribution < 1.29 is 19.4 Å². The van der Waals surface area contributed by atoms with Gasteiger partial charge in [0, 0.05) is 21.5 Å². The van der Waals surface area contributed by atoms with E-state index in [2.05, 4.69) is 15.9 Å². The minimum atomic E-state index is -0.942. The molecule has 0 aliphatic heterocycles. The Labute approximate surface area is 122 Å². The Hall–Kier alpha value is -1.53. The molecule has 1 N–H and O–H groups in total. The monoisotopic (exact) mass is 342 g/mol. The number of aromatic carboxylic acids is 1. The first-order chi connectivity index (χ1) is 9.10. The molecule has 6 heteroatoms. The van der Waals surface area contributed by atoms with Crippen molar-refractivity contribution in [3.8, 4) is 11.5 Å². The number of carbonyl (C=O) groups is 1. The van der Waals surface area contributed by atoms with Crippen LogP contribution in [0, 0.1) is 0 Å². The van der Waals surface area contributed by atoms with Crippen LogP contribution in [0.1, 0.15) is 15.2 Å². The molecule has 1 aromatic carbocycles. The van der Waals surface area contributed by atoms with Gasteiger partial charge in [0.05, 0.1) is 7.11 Å². The highest BCUT2D eigenvalue weighted by molar-refractivity contribution is 9.10. The quantitative estimate of drug-likeness (QED) is 0.897. The van der Waals surface area contributed by atoms with Gasteiger partial charge < -0.3 is 14.6 Å². The molecule has 1 aromatic heterocycles. The van der Waals surface area contributed by atoms with Crippen molar-refractivity contribution >= 4 is 33.2 Å². The molecule has 2 aromatic rings. The van der Waals surface area contributed by atoms with Crippen LogP contribution >= 0.6 is 27.3 Å². The molecule has 0 spiro atoms. The molecule has 0 radical (unpaired) electrons. The first kappa shape index (κ1) is 13.9. The number of ether oxygens (including phenoxy) is 2. The summed E-state index contributed by atoms with van der Waals surface area (Å²) in [7, 11) is 1.60. The number of rotatable bonds is 5. The van der Waals surface area contributed by atoms with Gasteiger partial charge in [-0.3, -0.25) is 0 Å². The minimum absolute atomic E-state index is 0.264. The number of carboxylic acid groups (broad SMARTS) is 1. The zero-order chi connectivity index (χ0) is 13.8. The van der Waals surface area contributed by atoms with Crippen LogP contribution in [0.15, 0.2) is 34.1 Å². The van der Waals surface area contributed by atoms with Crippen LogP contribution in [0.25, 0.3) is 0 Å². The SMILES string of the molecule is COc1ccc(Br)c(COc2csc(C(=O)O)c2)c1. The highest BCUT2D eigenvalue weighted by Crippen LogP contribution is 2.26. The fraction of sp³-hybridized carbons (Fsp3) is 0.154. The van der Waals surface area contributed by atoms with E-state index in [1.807, 2.05) is 18.2 Å². The Morgan fingerprint density at radius 3 is 2.79 bits per heavy atom. The standard InChI is InChI=1S/C13H11BrO4S/c1-17-9-2-3-11(14)8(4-9)6-18-10-5-12(13(15)16)19-7-10/h2-5,7H,6H2,1H3,(H,15,16). The van der Waals surface area contributed by atoms with Crippen LogP contribution in [-0.4, -0.2) is 18.2 Å². The first-order valence-electron chi connectivity index (χ1n) is 5.37. The Balaban J connectivity index is 2.07. The minimum Gasteiger partial charge on any atom is -0.497 e. The molecule has 0 fully saturated rings. The number of benzene rings is 1. The third-order valence-electron chi connectivity index (χ3n) is 2.43. The fourth-order valence-corrected chi connectivity index (χ4v) is 2.48. The summed E-state index contributed by atoms with van der Waals surface area (Å²) >= 11 is 4.58. The van der Waals surface area contributed by atoms with E-state index in [4.69, 9.17) is 14.6 Å². The van der Waals surface area contributed by atoms with Gasteiger partial charge in [-0.1, -0.05) is 15.9 Å².